The molecular formula is C13H15ClN4O. The first kappa shape index (κ1) is 13.6. The highest BCUT2D eigenvalue weighted by atomic mass is 35.5. The molecule has 0 radical (unpaired) electrons. The monoisotopic (exact) mass is 278 g/mol. The lowest BCUT2D eigenvalue weighted by atomic mass is 10.1. The van der Waals surface area contributed by atoms with Crippen LogP contribution in [0.5, 0.6) is 5.75 Å². The summed E-state index contributed by atoms with van der Waals surface area (Å²) in [4.78, 5) is 8.83. The van der Waals surface area contributed by atoms with Gasteiger partial charge < -0.3 is 10.2 Å². The van der Waals surface area contributed by atoms with E-state index in [1.165, 1.54) is 0 Å². The summed E-state index contributed by atoms with van der Waals surface area (Å²) in [6, 6.07) is 5.40. The van der Waals surface area contributed by atoms with E-state index in [2.05, 4.69) is 15.4 Å². The van der Waals surface area contributed by atoms with Crippen molar-refractivity contribution in [1.29, 1.82) is 0 Å². The summed E-state index contributed by atoms with van der Waals surface area (Å²) in [5.41, 5.74) is 4.96. The summed E-state index contributed by atoms with van der Waals surface area (Å²) in [6.07, 6.45) is 0. The topological polar surface area (TPSA) is 73.1 Å². The van der Waals surface area contributed by atoms with Crippen molar-refractivity contribution in [2.45, 2.75) is 13.8 Å². The van der Waals surface area contributed by atoms with E-state index < -0.39 is 0 Å². The van der Waals surface area contributed by atoms with Crippen LogP contribution >= 0.6 is 11.6 Å². The van der Waals surface area contributed by atoms with Gasteiger partial charge in [-0.05, 0) is 26.0 Å². The zero-order valence-electron chi connectivity index (χ0n) is 11.0. The molecule has 0 saturated carbocycles. The van der Waals surface area contributed by atoms with Gasteiger partial charge in [0.15, 0.2) is 5.82 Å². The van der Waals surface area contributed by atoms with Crippen LogP contribution in [0.2, 0.25) is 5.02 Å². The van der Waals surface area contributed by atoms with Crippen molar-refractivity contribution in [3.8, 4) is 17.1 Å². The molecule has 2 aromatic rings. The Kier molecular flexibility index (Phi) is 3.87. The van der Waals surface area contributed by atoms with E-state index in [0.29, 0.717) is 28.0 Å². The fourth-order valence-electron chi connectivity index (χ4n) is 1.77. The average Bonchev–Trinajstić information content (AvgIpc) is 2.41. The number of hydrogen-bond donors (Lipinski definition) is 2. The molecule has 0 atom stereocenters. The second-order valence-electron chi connectivity index (χ2n) is 4.07. The van der Waals surface area contributed by atoms with E-state index in [0.717, 1.165) is 11.3 Å². The van der Waals surface area contributed by atoms with Crippen molar-refractivity contribution in [2.75, 3.05) is 12.5 Å². The molecule has 5 nitrogen and oxygen atoms in total. The molecule has 0 spiro atoms. The molecule has 0 bridgehead atoms. The molecule has 1 heterocycles. The van der Waals surface area contributed by atoms with Crippen molar-refractivity contribution in [2.24, 2.45) is 5.84 Å². The molecule has 0 aliphatic rings. The number of hydrazine groups is 1. The van der Waals surface area contributed by atoms with Crippen LogP contribution in [0, 0.1) is 13.8 Å². The number of rotatable bonds is 3. The molecular weight excluding hydrogens is 264 g/mol. The highest BCUT2D eigenvalue weighted by Gasteiger charge is 2.15. The number of aryl methyl sites for hydroxylation is 1. The lowest BCUT2D eigenvalue weighted by Crippen LogP contribution is -2.12. The Hall–Kier alpha value is -1.85. The summed E-state index contributed by atoms with van der Waals surface area (Å²) < 4.78 is 5.31. The summed E-state index contributed by atoms with van der Waals surface area (Å²) in [5, 5.41) is 0.533. The number of nitrogens with two attached hydrogens (primary N) is 1. The van der Waals surface area contributed by atoms with Crippen LogP contribution in [-0.4, -0.2) is 17.1 Å². The largest absolute Gasteiger partial charge is 0.496 e. The van der Waals surface area contributed by atoms with Gasteiger partial charge in [-0.3, -0.25) is 0 Å². The molecule has 100 valence electrons. The van der Waals surface area contributed by atoms with Gasteiger partial charge >= 0.3 is 0 Å². The smallest absolute Gasteiger partial charge is 0.167 e. The highest BCUT2D eigenvalue weighted by Crippen LogP contribution is 2.35. The number of anilines is 1. The van der Waals surface area contributed by atoms with Gasteiger partial charge in [-0.2, -0.15) is 0 Å². The number of halogens is 1. The Morgan fingerprint density at radius 3 is 2.63 bits per heavy atom. The molecule has 0 aliphatic carbocycles. The number of nitrogens with zero attached hydrogens (tertiary/aromatic N) is 2. The third-order valence-corrected chi connectivity index (χ3v) is 3.26. The number of nitrogens with one attached hydrogen (secondary N) is 1. The molecule has 3 N–H and O–H groups in total. The summed E-state index contributed by atoms with van der Waals surface area (Å²) >= 11 is 6.22. The van der Waals surface area contributed by atoms with Crippen molar-refractivity contribution >= 4 is 17.4 Å². The van der Waals surface area contributed by atoms with Gasteiger partial charge in [0.05, 0.1) is 17.7 Å². The third-order valence-electron chi connectivity index (χ3n) is 2.94. The number of nitrogen functional groups attached to an aromatic ring is 1. The van der Waals surface area contributed by atoms with Crippen LogP contribution in [-0.2, 0) is 0 Å². The SMILES string of the molecule is COc1cccc(Cl)c1-c1nc(C)c(C)c(NN)n1. The van der Waals surface area contributed by atoms with Gasteiger partial charge in [0.2, 0.25) is 0 Å². The van der Waals surface area contributed by atoms with Gasteiger partial charge in [0.1, 0.15) is 11.6 Å². The Morgan fingerprint density at radius 1 is 1.26 bits per heavy atom. The Labute approximate surface area is 116 Å². The molecule has 0 unspecified atom stereocenters. The highest BCUT2D eigenvalue weighted by molar-refractivity contribution is 6.33. The predicted octanol–water partition coefficient (Wildman–Crippen LogP) is 2.71. The first-order valence-electron chi connectivity index (χ1n) is 5.73. The molecule has 0 saturated heterocycles. The van der Waals surface area contributed by atoms with Gasteiger partial charge in [-0.25, -0.2) is 15.8 Å². The van der Waals surface area contributed by atoms with Crippen LogP contribution in [0.1, 0.15) is 11.3 Å². The number of benzene rings is 1. The normalized spacial score (nSPS) is 10.4. The molecule has 0 amide bonds. The molecule has 2 rings (SSSR count). The molecule has 19 heavy (non-hydrogen) atoms. The molecule has 0 aliphatic heterocycles. The standard InChI is InChI=1S/C13H15ClN4O/c1-7-8(2)16-13(17-12(7)18-15)11-9(14)5-4-6-10(11)19-3/h4-6H,15H2,1-3H3,(H,16,17,18). The van der Waals surface area contributed by atoms with E-state index in [9.17, 15) is 0 Å². The van der Waals surface area contributed by atoms with Crippen LogP contribution in [0.15, 0.2) is 18.2 Å². The molecule has 0 fully saturated rings. The molecule has 1 aromatic heterocycles. The quantitative estimate of drug-likeness (QED) is 0.667. The van der Waals surface area contributed by atoms with Gasteiger partial charge in [0.25, 0.3) is 0 Å². The summed E-state index contributed by atoms with van der Waals surface area (Å²) in [6.45, 7) is 3.79. The minimum atomic E-state index is 0.485. The predicted molar refractivity (Wildman–Crippen MR) is 76.3 cm³/mol. The Morgan fingerprint density at radius 2 is 2.00 bits per heavy atom. The first-order chi connectivity index (χ1) is 9.08. The second kappa shape index (κ2) is 5.42. The summed E-state index contributed by atoms with van der Waals surface area (Å²) in [7, 11) is 1.58. The van der Waals surface area contributed by atoms with E-state index in [-0.39, 0.29) is 0 Å². The number of hydrogen-bond acceptors (Lipinski definition) is 5. The lowest BCUT2D eigenvalue weighted by Gasteiger charge is -2.13. The van der Waals surface area contributed by atoms with Gasteiger partial charge in [0, 0.05) is 11.3 Å². The Bertz CT molecular complexity index is 616. The fraction of sp³-hybridized carbons (Fsp3) is 0.231. The zero-order chi connectivity index (χ0) is 14.0. The maximum Gasteiger partial charge on any atom is 0.167 e. The maximum atomic E-state index is 6.22. The Balaban J connectivity index is 2.69. The molecule has 1 aromatic carbocycles. The van der Waals surface area contributed by atoms with Gasteiger partial charge in [-0.15, -0.1) is 0 Å². The maximum absolute atomic E-state index is 6.22. The minimum absolute atomic E-state index is 0.485. The first-order valence-corrected chi connectivity index (χ1v) is 6.11. The zero-order valence-corrected chi connectivity index (χ0v) is 11.7. The average molecular weight is 279 g/mol. The second-order valence-corrected chi connectivity index (χ2v) is 4.47. The van der Waals surface area contributed by atoms with Gasteiger partial charge in [-0.1, -0.05) is 17.7 Å². The van der Waals surface area contributed by atoms with Crippen LogP contribution in [0.4, 0.5) is 5.82 Å². The van der Waals surface area contributed by atoms with E-state index >= 15 is 0 Å². The van der Waals surface area contributed by atoms with E-state index in [4.69, 9.17) is 22.2 Å². The number of aromatic nitrogens is 2. The number of ether oxygens (including phenoxy) is 1. The van der Waals surface area contributed by atoms with Crippen molar-refractivity contribution in [1.82, 2.24) is 9.97 Å². The van der Waals surface area contributed by atoms with Crippen LogP contribution in [0.3, 0.4) is 0 Å². The fourth-order valence-corrected chi connectivity index (χ4v) is 2.02. The van der Waals surface area contributed by atoms with E-state index in [1.54, 1.807) is 13.2 Å². The van der Waals surface area contributed by atoms with Crippen LogP contribution < -0.4 is 16.0 Å². The van der Waals surface area contributed by atoms with Crippen LogP contribution in [0.25, 0.3) is 11.4 Å². The van der Waals surface area contributed by atoms with Crippen molar-refractivity contribution in [3.63, 3.8) is 0 Å². The number of methoxy groups -OCH3 is 1. The summed E-state index contributed by atoms with van der Waals surface area (Å²) in [5.74, 6) is 7.15. The molecule has 6 heteroatoms. The van der Waals surface area contributed by atoms with E-state index in [1.807, 2.05) is 26.0 Å². The lowest BCUT2D eigenvalue weighted by molar-refractivity contribution is 0.416. The third kappa shape index (κ3) is 2.47. The van der Waals surface area contributed by atoms with Crippen molar-refractivity contribution in [3.05, 3.63) is 34.5 Å². The minimum Gasteiger partial charge on any atom is -0.496 e. The van der Waals surface area contributed by atoms with Crippen molar-refractivity contribution < 1.29 is 4.74 Å².